The zero-order chi connectivity index (χ0) is 61.1. The first-order valence-corrected chi connectivity index (χ1v) is 29.2. The minimum atomic E-state index is -0.513. The average molecular weight is 1170 g/mol. The van der Waals surface area contributed by atoms with Gasteiger partial charge in [0.15, 0.2) is 0 Å². The number of amides is 2. The average Bonchev–Trinajstić information content (AvgIpc) is 2.13. The molecule has 87 heavy (non-hydrogen) atoms. The predicted molar refractivity (Wildman–Crippen MR) is 340 cm³/mol. The van der Waals surface area contributed by atoms with Crippen LogP contribution in [0.3, 0.4) is 0 Å². The van der Waals surface area contributed by atoms with E-state index in [0.717, 1.165) is 94.7 Å². The molecule has 11 rings (SSSR count). The van der Waals surface area contributed by atoms with Gasteiger partial charge in [-0.05, 0) is 107 Å². The van der Waals surface area contributed by atoms with Gasteiger partial charge >= 0.3 is 12.2 Å². The monoisotopic (exact) mass is 1170 g/mol. The molecule has 18 nitrogen and oxygen atoms in total. The van der Waals surface area contributed by atoms with Crippen LogP contribution in [0.4, 0.5) is 32.3 Å². The highest BCUT2D eigenvalue weighted by Gasteiger charge is 2.30. The molecule has 18 heteroatoms. The van der Waals surface area contributed by atoms with Crippen molar-refractivity contribution in [2.45, 2.75) is 59.4 Å². The van der Waals surface area contributed by atoms with E-state index in [4.69, 9.17) is 36.2 Å². The second-order valence-corrected chi connectivity index (χ2v) is 23.3. The van der Waals surface area contributed by atoms with Crippen LogP contribution in [0.25, 0.3) is 76.8 Å². The van der Waals surface area contributed by atoms with Gasteiger partial charge in [0.25, 0.3) is 0 Å². The highest BCUT2D eigenvalue weighted by atomic mass is 16.6. The SMILES string of the molecule is [C-]#[N+]c1cnc2oc(-c3ccc(O)cc3)c(-c3ccccc3)c2c1NCCN1CCN(C(=O)OC(C)(C)C)CC1.[C-]#[N+]c1cnc2oc(-c3ccc(OCc4ccccc4)cc3)c(-c3ccccc3)c2c1NCCN1CCN(C(=O)OC(C)(C)C)CC1. The molecule has 2 aliphatic rings. The molecule has 0 radical (unpaired) electrons. The second kappa shape index (κ2) is 27.0. The fourth-order valence-electron chi connectivity index (χ4n) is 10.5. The van der Waals surface area contributed by atoms with Crippen LogP contribution in [0.5, 0.6) is 11.5 Å². The van der Waals surface area contributed by atoms with E-state index in [1.165, 1.54) is 6.20 Å². The number of carbonyl (C=O) groups is 2. The van der Waals surface area contributed by atoms with E-state index < -0.39 is 11.2 Å². The van der Waals surface area contributed by atoms with Crippen molar-refractivity contribution < 1.29 is 37.7 Å². The first kappa shape index (κ1) is 60.2. The van der Waals surface area contributed by atoms with Crippen LogP contribution in [-0.2, 0) is 16.1 Å². The van der Waals surface area contributed by atoms with Crippen molar-refractivity contribution in [2.75, 3.05) is 89.2 Å². The molecule has 0 unspecified atom stereocenters. The number of nitrogens with zero attached hydrogens (tertiary/aromatic N) is 8. The van der Waals surface area contributed by atoms with Gasteiger partial charge in [0.2, 0.25) is 22.8 Å². The molecular weight excluding hydrogens is 1100 g/mol. The van der Waals surface area contributed by atoms with Gasteiger partial charge in [0.05, 0.1) is 35.3 Å². The summed E-state index contributed by atoms with van der Waals surface area (Å²) in [5, 5.41) is 18.4. The Hall–Kier alpha value is -9.88. The maximum Gasteiger partial charge on any atom is 0.410 e. The number of hydrogen-bond acceptors (Lipinski definition) is 14. The fraction of sp³-hybridized carbons (Fsp3) is 0.304. The first-order chi connectivity index (χ1) is 42.0. The number of piperazine rings is 2. The first-order valence-electron chi connectivity index (χ1n) is 29.2. The molecule has 2 saturated heterocycles. The van der Waals surface area contributed by atoms with Gasteiger partial charge in [0, 0.05) is 113 Å². The zero-order valence-corrected chi connectivity index (χ0v) is 50.0. The summed E-state index contributed by atoms with van der Waals surface area (Å²) in [6, 6.07) is 44.7. The van der Waals surface area contributed by atoms with Gasteiger partial charge in [0.1, 0.15) is 40.8 Å². The Labute approximate surface area is 507 Å². The third-order valence-corrected chi connectivity index (χ3v) is 14.8. The molecule has 6 heterocycles. The number of phenolic OH excluding ortho intramolecular Hbond substituents is 1. The predicted octanol–water partition coefficient (Wildman–Crippen LogP) is 14.6. The van der Waals surface area contributed by atoms with Gasteiger partial charge in [-0.25, -0.2) is 29.2 Å². The van der Waals surface area contributed by atoms with Crippen molar-refractivity contribution in [3.05, 3.63) is 180 Å². The normalized spacial score (nSPS) is 13.9. The van der Waals surface area contributed by atoms with Gasteiger partial charge < -0.3 is 48.6 Å². The molecule has 446 valence electrons. The number of aromatic hydroxyl groups is 1. The van der Waals surface area contributed by atoms with Crippen LogP contribution in [-0.4, -0.2) is 137 Å². The quantitative estimate of drug-likeness (QED) is 0.0825. The smallest absolute Gasteiger partial charge is 0.410 e. The molecule has 0 spiro atoms. The van der Waals surface area contributed by atoms with Crippen molar-refractivity contribution in [3.63, 3.8) is 0 Å². The third kappa shape index (κ3) is 15.0. The standard InChI is InChI=1S/C38H39N5O4.C31H33N5O4/c1-38(2,3)47-37(44)43-23-21-42(22-24-43)20-19-40-34-31(39-4)25-41-36-33(34)32(28-13-9-6-10-14-28)35(46-36)29-15-17-30(18-16-29)45-26-27-11-7-5-8-12-27;1-31(2,3)40-30(38)36-18-16-35(17-19-36)15-14-33-27-24(32-4)20-34-29-26(27)25(21-8-6-5-7-9-21)28(39-29)22-10-12-23(37)13-11-22/h5-18,25H,19-24,26H2,1-3H3,(H,40,41);5-13,20,37H,14-19H2,1-3H3,(H,33,34). The Balaban J connectivity index is 0.000000195. The molecule has 0 bridgehead atoms. The van der Waals surface area contributed by atoms with E-state index in [0.29, 0.717) is 91.6 Å². The number of carbonyl (C=O) groups excluding carboxylic acids is 2. The summed E-state index contributed by atoms with van der Waals surface area (Å²) >= 11 is 0. The molecule has 9 aromatic rings. The number of phenols is 1. The molecule has 2 aliphatic heterocycles. The van der Waals surface area contributed by atoms with Gasteiger partial charge in [-0.1, -0.05) is 91.0 Å². The maximum absolute atomic E-state index is 12.5. The Morgan fingerprint density at radius 3 is 1.32 bits per heavy atom. The summed E-state index contributed by atoms with van der Waals surface area (Å²) in [4.78, 5) is 49.6. The van der Waals surface area contributed by atoms with Crippen LogP contribution in [0.2, 0.25) is 0 Å². The summed E-state index contributed by atoms with van der Waals surface area (Å²) in [6.07, 6.45) is 2.56. The molecular formula is C69H72N10O8. The summed E-state index contributed by atoms with van der Waals surface area (Å²) < 4.78 is 29.8. The third-order valence-electron chi connectivity index (χ3n) is 14.8. The Kier molecular flexibility index (Phi) is 18.7. The molecule has 0 saturated carbocycles. The molecule has 3 N–H and O–H groups in total. The van der Waals surface area contributed by atoms with Crippen molar-refractivity contribution in [3.8, 4) is 56.4 Å². The van der Waals surface area contributed by atoms with E-state index in [1.54, 1.807) is 40.3 Å². The number of ether oxygens (including phenoxy) is 3. The van der Waals surface area contributed by atoms with Crippen LogP contribution in [0, 0.1) is 13.1 Å². The highest BCUT2D eigenvalue weighted by molar-refractivity contribution is 6.11. The molecule has 0 atom stereocenters. The fourth-order valence-corrected chi connectivity index (χ4v) is 10.5. The minimum absolute atomic E-state index is 0.170. The topological polar surface area (TPSA) is 180 Å². The van der Waals surface area contributed by atoms with Crippen molar-refractivity contribution in [2.24, 2.45) is 0 Å². The summed E-state index contributed by atoms with van der Waals surface area (Å²) in [7, 11) is 0. The van der Waals surface area contributed by atoms with Gasteiger partial charge in [-0.2, -0.15) is 0 Å². The van der Waals surface area contributed by atoms with Crippen LogP contribution in [0.1, 0.15) is 47.1 Å². The summed E-state index contributed by atoms with van der Waals surface area (Å²) in [5.41, 5.74) is 8.51. The maximum atomic E-state index is 12.5. The zero-order valence-electron chi connectivity index (χ0n) is 50.0. The number of rotatable bonds is 15. The highest BCUT2D eigenvalue weighted by Crippen LogP contribution is 2.48. The minimum Gasteiger partial charge on any atom is -0.508 e. The van der Waals surface area contributed by atoms with Gasteiger partial charge in [-0.3, -0.25) is 9.80 Å². The number of pyridine rings is 2. The van der Waals surface area contributed by atoms with Crippen molar-refractivity contribution in [1.29, 1.82) is 0 Å². The lowest BCUT2D eigenvalue weighted by Gasteiger charge is -2.35. The van der Waals surface area contributed by atoms with Crippen LogP contribution in [0.15, 0.2) is 161 Å². The van der Waals surface area contributed by atoms with Crippen LogP contribution < -0.4 is 15.4 Å². The van der Waals surface area contributed by atoms with E-state index >= 15 is 0 Å². The molecule has 2 amide bonds. The van der Waals surface area contributed by atoms with Gasteiger partial charge in [-0.15, -0.1) is 0 Å². The number of anilines is 2. The van der Waals surface area contributed by atoms with E-state index in [1.807, 2.05) is 157 Å². The number of hydrogen-bond donors (Lipinski definition) is 3. The summed E-state index contributed by atoms with van der Waals surface area (Å²) in [6.45, 7) is 35.6. The lowest BCUT2D eigenvalue weighted by Crippen LogP contribution is -2.50. The van der Waals surface area contributed by atoms with Crippen molar-refractivity contribution in [1.82, 2.24) is 29.6 Å². The molecule has 4 aromatic heterocycles. The molecule has 0 aliphatic carbocycles. The Morgan fingerprint density at radius 1 is 0.540 bits per heavy atom. The number of nitrogens with one attached hydrogen (secondary N) is 2. The summed E-state index contributed by atoms with van der Waals surface area (Å²) in [5.74, 6) is 2.23. The Morgan fingerprint density at radius 2 is 0.931 bits per heavy atom. The number of fused-ring (bicyclic) bond motifs is 2. The number of furan rings is 2. The van der Waals surface area contributed by atoms with E-state index in [2.05, 4.69) is 40.1 Å². The van der Waals surface area contributed by atoms with E-state index in [9.17, 15) is 14.7 Å². The van der Waals surface area contributed by atoms with Crippen LogP contribution >= 0.6 is 0 Å². The second-order valence-electron chi connectivity index (χ2n) is 23.3. The lowest BCUT2D eigenvalue weighted by molar-refractivity contribution is 0.0139. The van der Waals surface area contributed by atoms with Crippen molar-refractivity contribution >= 4 is 57.1 Å². The lowest BCUT2D eigenvalue weighted by atomic mass is 9.98. The molecule has 5 aromatic carbocycles. The van der Waals surface area contributed by atoms with E-state index in [-0.39, 0.29) is 17.9 Å². The largest absolute Gasteiger partial charge is 0.508 e. The number of aromatic nitrogens is 2. The molecule has 2 fully saturated rings. The Bertz CT molecular complexity index is 3890. The number of benzene rings is 5.